The van der Waals surface area contributed by atoms with Crippen molar-refractivity contribution < 1.29 is 9.47 Å². The van der Waals surface area contributed by atoms with Crippen LogP contribution in [0.4, 0.5) is 0 Å². The lowest BCUT2D eigenvalue weighted by Gasteiger charge is -2.12. The van der Waals surface area contributed by atoms with E-state index < -0.39 is 0 Å². The van der Waals surface area contributed by atoms with Crippen LogP contribution in [-0.2, 0) is 0 Å². The number of fused-ring (bicyclic) bond motifs is 1. The molecule has 2 aromatic carbocycles. The Bertz CT molecular complexity index is 817. The molecule has 0 aliphatic rings. The Morgan fingerprint density at radius 2 is 1.75 bits per heavy atom. The number of hydrogen-bond acceptors (Lipinski definition) is 3. The number of nitrogens with one attached hydrogen (secondary N) is 2. The summed E-state index contributed by atoms with van der Waals surface area (Å²) in [6, 6.07) is 11.4. The van der Waals surface area contributed by atoms with E-state index in [1.165, 1.54) is 0 Å². The first-order chi connectivity index (χ1) is 9.72. The summed E-state index contributed by atoms with van der Waals surface area (Å²) < 4.78 is 10.7. The average molecular weight is 270 g/mol. The quantitative estimate of drug-likeness (QED) is 0.768. The largest absolute Gasteiger partial charge is 0.493 e. The second-order valence-corrected chi connectivity index (χ2v) is 4.38. The number of H-pyrrole nitrogens is 2. The minimum Gasteiger partial charge on any atom is -0.493 e. The van der Waals surface area contributed by atoms with E-state index in [1.807, 2.05) is 36.4 Å². The van der Waals surface area contributed by atoms with Crippen molar-refractivity contribution in [2.24, 2.45) is 0 Å². The lowest BCUT2D eigenvalue weighted by Crippen LogP contribution is -1.99. The molecular formula is C15H14N2O3. The third-order valence-corrected chi connectivity index (χ3v) is 3.23. The highest BCUT2D eigenvalue weighted by Gasteiger charge is 2.12. The third kappa shape index (κ3) is 1.93. The fraction of sp³-hybridized carbons (Fsp3) is 0.133. The number of para-hydroxylation sites is 1. The Hall–Kier alpha value is -2.69. The van der Waals surface area contributed by atoms with Crippen molar-refractivity contribution in [2.45, 2.75) is 0 Å². The zero-order chi connectivity index (χ0) is 14.1. The van der Waals surface area contributed by atoms with E-state index in [-0.39, 0.29) is 5.69 Å². The summed E-state index contributed by atoms with van der Waals surface area (Å²) >= 11 is 0. The normalized spacial score (nSPS) is 10.7. The van der Waals surface area contributed by atoms with Gasteiger partial charge in [-0.05, 0) is 23.8 Å². The Morgan fingerprint density at radius 3 is 2.50 bits per heavy atom. The van der Waals surface area contributed by atoms with Crippen LogP contribution in [0.25, 0.3) is 22.2 Å². The van der Waals surface area contributed by atoms with E-state index >= 15 is 0 Å². The molecule has 5 heteroatoms. The average Bonchev–Trinajstić information content (AvgIpc) is 2.85. The number of aromatic amines is 2. The molecule has 1 heterocycles. The molecule has 0 atom stereocenters. The van der Waals surface area contributed by atoms with Gasteiger partial charge in [0, 0.05) is 5.56 Å². The maximum Gasteiger partial charge on any atom is 0.323 e. The number of rotatable bonds is 3. The van der Waals surface area contributed by atoms with Crippen LogP contribution in [0.15, 0.2) is 41.2 Å². The van der Waals surface area contributed by atoms with E-state index in [1.54, 1.807) is 14.2 Å². The Kier molecular flexibility index (Phi) is 2.95. The Morgan fingerprint density at radius 1 is 0.950 bits per heavy atom. The van der Waals surface area contributed by atoms with Gasteiger partial charge in [-0.2, -0.15) is 0 Å². The first-order valence-electron chi connectivity index (χ1n) is 6.16. The van der Waals surface area contributed by atoms with Crippen LogP contribution >= 0.6 is 0 Å². The first kappa shape index (κ1) is 12.3. The molecule has 0 unspecified atom stereocenters. The van der Waals surface area contributed by atoms with Crippen molar-refractivity contribution in [2.75, 3.05) is 14.2 Å². The van der Waals surface area contributed by atoms with Gasteiger partial charge >= 0.3 is 5.69 Å². The van der Waals surface area contributed by atoms with Gasteiger partial charge in [0.2, 0.25) is 0 Å². The standard InChI is InChI=1S/C15H14N2O3/c1-19-13-5-3-4-10(14(13)20-2)9-6-7-11-12(8-9)17-15(18)16-11/h3-8H,1-2H3,(H2,16,17,18). The van der Waals surface area contributed by atoms with Gasteiger partial charge in [0.1, 0.15) is 0 Å². The number of methoxy groups -OCH3 is 2. The number of aromatic nitrogens is 2. The van der Waals surface area contributed by atoms with Gasteiger partial charge in [0.25, 0.3) is 0 Å². The molecule has 3 rings (SSSR count). The van der Waals surface area contributed by atoms with Crippen molar-refractivity contribution in [1.29, 1.82) is 0 Å². The zero-order valence-electron chi connectivity index (χ0n) is 11.2. The number of imidazole rings is 1. The predicted octanol–water partition coefficient (Wildman–Crippen LogP) is 2.54. The highest BCUT2D eigenvalue weighted by molar-refractivity contribution is 5.84. The summed E-state index contributed by atoms with van der Waals surface area (Å²) in [7, 11) is 3.21. The van der Waals surface area contributed by atoms with Crippen molar-refractivity contribution in [1.82, 2.24) is 9.97 Å². The Labute approximate surface area is 115 Å². The molecule has 0 aliphatic heterocycles. The monoisotopic (exact) mass is 270 g/mol. The van der Waals surface area contributed by atoms with Crippen LogP contribution in [0.5, 0.6) is 11.5 Å². The predicted molar refractivity (Wildman–Crippen MR) is 77.5 cm³/mol. The van der Waals surface area contributed by atoms with Gasteiger partial charge in [0.15, 0.2) is 11.5 Å². The molecule has 102 valence electrons. The smallest absolute Gasteiger partial charge is 0.323 e. The van der Waals surface area contributed by atoms with Crippen LogP contribution in [0.2, 0.25) is 0 Å². The fourth-order valence-electron chi connectivity index (χ4n) is 2.31. The molecule has 20 heavy (non-hydrogen) atoms. The van der Waals surface area contributed by atoms with Crippen LogP contribution in [0.1, 0.15) is 0 Å². The first-order valence-corrected chi connectivity index (χ1v) is 6.16. The van der Waals surface area contributed by atoms with Crippen molar-refractivity contribution in [3.63, 3.8) is 0 Å². The minimum atomic E-state index is -0.213. The van der Waals surface area contributed by atoms with Gasteiger partial charge in [-0.3, -0.25) is 0 Å². The Balaban J connectivity index is 2.21. The van der Waals surface area contributed by atoms with Crippen LogP contribution in [0, 0.1) is 0 Å². The highest BCUT2D eigenvalue weighted by atomic mass is 16.5. The van der Waals surface area contributed by atoms with Crippen LogP contribution < -0.4 is 15.2 Å². The second-order valence-electron chi connectivity index (χ2n) is 4.38. The SMILES string of the molecule is COc1cccc(-c2ccc3[nH]c(=O)[nH]c3c2)c1OC. The number of ether oxygens (including phenoxy) is 2. The molecule has 0 radical (unpaired) electrons. The van der Waals surface area contributed by atoms with Crippen molar-refractivity contribution in [3.8, 4) is 22.6 Å². The minimum absolute atomic E-state index is 0.213. The van der Waals surface area contributed by atoms with Gasteiger partial charge in [-0.1, -0.05) is 18.2 Å². The molecule has 0 aliphatic carbocycles. The van der Waals surface area contributed by atoms with E-state index in [0.29, 0.717) is 11.5 Å². The number of benzene rings is 2. The van der Waals surface area contributed by atoms with E-state index in [2.05, 4.69) is 9.97 Å². The van der Waals surface area contributed by atoms with E-state index in [9.17, 15) is 4.79 Å². The molecular weight excluding hydrogens is 256 g/mol. The fourth-order valence-corrected chi connectivity index (χ4v) is 2.31. The maximum absolute atomic E-state index is 11.3. The molecule has 0 amide bonds. The number of hydrogen-bond donors (Lipinski definition) is 2. The van der Waals surface area contributed by atoms with E-state index in [0.717, 1.165) is 22.2 Å². The molecule has 0 spiro atoms. The summed E-state index contributed by atoms with van der Waals surface area (Å²) in [5.41, 5.74) is 3.19. The summed E-state index contributed by atoms with van der Waals surface area (Å²) in [6.07, 6.45) is 0. The van der Waals surface area contributed by atoms with E-state index in [4.69, 9.17) is 9.47 Å². The second kappa shape index (κ2) is 4.77. The lowest BCUT2D eigenvalue weighted by atomic mass is 10.0. The van der Waals surface area contributed by atoms with Crippen LogP contribution in [0.3, 0.4) is 0 Å². The summed E-state index contributed by atoms with van der Waals surface area (Å²) in [4.78, 5) is 16.8. The molecule has 3 aromatic rings. The zero-order valence-corrected chi connectivity index (χ0v) is 11.2. The molecule has 5 nitrogen and oxygen atoms in total. The van der Waals surface area contributed by atoms with Crippen molar-refractivity contribution in [3.05, 3.63) is 46.9 Å². The molecule has 2 N–H and O–H groups in total. The maximum atomic E-state index is 11.3. The third-order valence-electron chi connectivity index (χ3n) is 3.23. The van der Waals surface area contributed by atoms with Gasteiger partial charge in [-0.25, -0.2) is 4.79 Å². The van der Waals surface area contributed by atoms with Gasteiger partial charge in [-0.15, -0.1) is 0 Å². The van der Waals surface area contributed by atoms with Gasteiger partial charge < -0.3 is 19.4 Å². The summed E-state index contributed by atoms with van der Waals surface area (Å²) in [5, 5.41) is 0. The summed E-state index contributed by atoms with van der Waals surface area (Å²) in [6.45, 7) is 0. The molecule has 0 bridgehead atoms. The molecule has 0 saturated heterocycles. The molecule has 1 aromatic heterocycles. The molecule has 0 saturated carbocycles. The van der Waals surface area contributed by atoms with Gasteiger partial charge in [0.05, 0.1) is 25.3 Å². The highest BCUT2D eigenvalue weighted by Crippen LogP contribution is 2.38. The molecule has 0 fully saturated rings. The summed E-state index contributed by atoms with van der Waals surface area (Å²) in [5.74, 6) is 1.35. The van der Waals surface area contributed by atoms with Crippen LogP contribution in [-0.4, -0.2) is 24.2 Å². The lowest BCUT2D eigenvalue weighted by molar-refractivity contribution is 0.356. The van der Waals surface area contributed by atoms with Crippen molar-refractivity contribution >= 4 is 11.0 Å². The topological polar surface area (TPSA) is 67.1 Å².